The summed E-state index contributed by atoms with van der Waals surface area (Å²) in [6.45, 7) is 0. The second-order valence-corrected chi connectivity index (χ2v) is 12.5. The van der Waals surface area contributed by atoms with Crippen molar-refractivity contribution in [3.05, 3.63) is 162 Å². The number of rotatable bonds is 5. The maximum absolute atomic E-state index is 9.24. The Morgan fingerprint density at radius 2 is 1.54 bits per heavy atom. The van der Waals surface area contributed by atoms with Crippen LogP contribution in [-0.4, -0.2) is 14.6 Å². The van der Waals surface area contributed by atoms with Crippen LogP contribution in [0.2, 0.25) is 0 Å². The normalized spacial score (nSPS) is 16.1. The summed E-state index contributed by atoms with van der Waals surface area (Å²) >= 11 is 0. The fourth-order valence-electron chi connectivity index (χ4n) is 7.05. The second kappa shape index (κ2) is 11.5. The molecule has 5 heteroatoms. The van der Waals surface area contributed by atoms with Crippen LogP contribution in [0.1, 0.15) is 42.1 Å². The largest absolute Gasteiger partial charge is 0.456 e. The molecule has 7 aromatic rings. The molecule has 4 aromatic carbocycles. The van der Waals surface area contributed by atoms with Gasteiger partial charge >= 0.3 is 0 Å². The Kier molecular flexibility index (Phi) is 6.72. The van der Waals surface area contributed by atoms with Gasteiger partial charge in [-0.3, -0.25) is 0 Å². The molecule has 2 aliphatic rings. The molecule has 0 amide bonds. The molecule has 2 aliphatic carbocycles. The summed E-state index contributed by atoms with van der Waals surface area (Å²) in [6.07, 6.45) is 15.1. The van der Waals surface area contributed by atoms with Crippen molar-refractivity contribution >= 4 is 38.7 Å². The smallest absolute Gasteiger partial charge is 0.178 e. The van der Waals surface area contributed by atoms with E-state index in [1.165, 1.54) is 11.1 Å². The van der Waals surface area contributed by atoms with Crippen molar-refractivity contribution in [1.82, 2.24) is 14.6 Å². The molecule has 3 heterocycles. The molecular weight excluding hydrogens is 589 g/mol. The molecule has 0 saturated carbocycles. The van der Waals surface area contributed by atoms with Crippen LogP contribution in [0.3, 0.4) is 0 Å². The number of furan rings is 1. The van der Waals surface area contributed by atoms with E-state index in [4.69, 9.17) is 14.5 Å². The van der Waals surface area contributed by atoms with Crippen molar-refractivity contribution in [2.45, 2.75) is 25.2 Å². The van der Waals surface area contributed by atoms with Crippen LogP contribution in [0, 0.1) is 11.3 Å². The number of allylic oxidation sites excluding steroid dienone is 8. The van der Waals surface area contributed by atoms with E-state index >= 15 is 0 Å². The van der Waals surface area contributed by atoms with E-state index in [-0.39, 0.29) is 5.92 Å². The number of nitrogens with zero attached hydrogens (tertiary/aromatic N) is 4. The van der Waals surface area contributed by atoms with Crippen molar-refractivity contribution in [2.24, 2.45) is 0 Å². The summed E-state index contributed by atoms with van der Waals surface area (Å²) in [5.41, 5.74) is 12.6. The van der Waals surface area contributed by atoms with E-state index in [0.29, 0.717) is 0 Å². The maximum Gasteiger partial charge on any atom is 0.178 e. The zero-order valence-corrected chi connectivity index (χ0v) is 26.2. The van der Waals surface area contributed by atoms with Gasteiger partial charge in [0.2, 0.25) is 0 Å². The van der Waals surface area contributed by atoms with Crippen LogP contribution in [0.25, 0.3) is 61.0 Å². The van der Waals surface area contributed by atoms with E-state index in [1.54, 1.807) is 0 Å². The minimum absolute atomic E-state index is 0.192. The van der Waals surface area contributed by atoms with E-state index < -0.39 is 0 Å². The first-order chi connectivity index (χ1) is 23.7. The average Bonchev–Trinajstić information content (AvgIpc) is 3.77. The highest BCUT2D eigenvalue weighted by Gasteiger charge is 2.20. The summed E-state index contributed by atoms with van der Waals surface area (Å²) < 4.78 is 8.38. The summed E-state index contributed by atoms with van der Waals surface area (Å²) in [7, 11) is 0. The fraction of sp³-hybridized carbons (Fsp3) is 0.0930. The molecule has 5 nitrogen and oxygen atoms in total. The van der Waals surface area contributed by atoms with Crippen LogP contribution in [0.5, 0.6) is 0 Å². The molecule has 0 radical (unpaired) electrons. The Hall–Kier alpha value is -6.25. The molecule has 3 aromatic heterocycles. The quantitative estimate of drug-likeness (QED) is 0.192. The number of nitriles is 1. The van der Waals surface area contributed by atoms with Crippen LogP contribution in [0.15, 0.2) is 150 Å². The molecule has 48 heavy (non-hydrogen) atoms. The Bertz CT molecular complexity index is 2540. The highest BCUT2D eigenvalue weighted by molar-refractivity contribution is 6.07. The van der Waals surface area contributed by atoms with E-state index in [2.05, 4.69) is 121 Å². The van der Waals surface area contributed by atoms with Crippen molar-refractivity contribution in [1.29, 1.82) is 5.26 Å². The van der Waals surface area contributed by atoms with Gasteiger partial charge in [-0.1, -0.05) is 109 Å². The first kappa shape index (κ1) is 28.0. The third-order valence-electron chi connectivity index (χ3n) is 9.59. The van der Waals surface area contributed by atoms with Crippen molar-refractivity contribution in [3.63, 3.8) is 0 Å². The van der Waals surface area contributed by atoms with Crippen molar-refractivity contribution in [2.75, 3.05) is 0 Å². The summed E-state index contributed by atoms with van der Waals surface area (Å²) in [4.78, 5) is 5.09. The van der Waals surface area contributed by atoms with Gasteiger partial charge in [-0.05, 0) is 71.4 Å². The minimum atomic E-state index is 0.192. The van der Waals surface area contributed by atoms with Crippen molar-refractivity contribution in [3.8, 4) is 28.3 Å². The van der Waals surface area contributed by atoms with Gasteiger partial charge in [0.05, 0.1) is 6.07 Å². The molecule has 0 spiro atoms. The van der Waals surface area contributed by atoms with Gasteiger partial charge in [0, 0.05) is 45.2 Å². The molecule has 0 N–H and O–H groups in total. The predicted octanol–water partition coefficient (Wildman–Crippen LogP) is 10.7. The lowest BCUT2D eigenvalue weighted by atomic mass is 9.89. The van der Waals surface area contributed by atoms with Gasteiger partial charge < -0.3 is 4.42 Å². The van der Waals surface area contributed by atoms with Crippen LogP contribution < -0.4 is 0 Å². The predicted molar refractivity (Wildman–Crippen MR) is 193 cm³/mol. The average molecular weight is 619 g/mol. The molecule has 0 saturated heterocycles. The first-order valence-electron chi connectivity index (χ1n) is 16.4. The summed E-state index contributed by atoms with van der Waals surface area (Å²) in [6, 6.07) is 38.2. The highest BCUT2D eigenvalue weighted by Crippen LogP contribution is 2.39. The molecule has 0 aliphatic heterocycles. The summed E-state index contributed by atoms with van der Waals surface area (Å²) in [5, 5.41) is 16.5. The molecule has 9 rings (SSSR count). The minimum Gasteiger partial charge on any atom is -0.456 e. The number of hydrogen-bond acceptors (Lipinski definition) is 4. The molecule has 228 valence electrons. The van der Waals surface area contributed by atoms with Crippen molar-refractivity contribution < 1.29 is 4.42 Å². The molecule has 1 unspecified atom stereocenters. The number of para-hydroxylation sites is 1. The SMILES string of the molecule is N#CC1=CCC(c2cccc3c2oc2ccc(C4=CC=C(c5nc6c(-c7ccccc7)cc(-c7ccccc7)cn6n5)CC4)cc23)C=C1. The van der Waals surface area contributed by atoms with Gasteiger partial charge in [0.25, 0.3) is 0 Å². The van der Waals surface area contributed by atoms with Gasteiger partial charge in [-0.15, -0.1) is 5.10 Å². The van der Waals surface area contributed by atoms with E-state index in [9.17, 15) is 5.26 Å². The lowest BCUT2D eigenvalue weighted by Crippen LogP contribution is -1.98. The van der Waals surface area contributed by atoms with Gasteiger partial charge in [0.1, 0.15) is 11.2 Å². The Labute approximate surface area is 278 Å². The molecular formula is C43H30N4O. The van der Waals surface area contributed by atoms with Crippen LogP contribution in [-0.2, 0) is 0 Å². The third kappa shape index (κ3) is 4.87. The Balaban J connectivity index is 1.06. The molecule has 0 bridgehead atoms. The Morgan fingerprint density at radius 1 is 0.750 bits per heavy atom. The molecule has 1 atom stereocenters. The lowest BCUT2D eigenvalue weighted by molar-refractivity contribution is 0.657. The zero-order chi connectivity index (χ0) is 32.0. The molecule has 0 fully saturated rings. The van der Waals surface area contributed by atoms with Gasteiger partial charge in [0.15, 0.2) is 11.5 Å². The topological polar surface area (TPSA) is 67.1 Å². The van der Waals surface area contributed by atoms with Crippen LogP contribution in [0.4, 0.5) is 0 Å². The zero-order valence-electron chi connectivity index (χ0n) is 26.2. The van der Waals surface area contributed by atoms with E-state index in [0.717, 1.165) is 91.6 Å². The maximum atomic E-state index is 9.24. The summed E-state index contributed by atoms with van der Waals surface area (Å²) in [5.74, 6) is 0.961. The first-order valence-corrected chi connectivity index (χ1v) is 16.4. The van der Waals surface area contributed by atoms with E-state index in [1.807, 2.05) is 28.8 Å². The second-order valence-electron chi connectivity index (χ2n) is 12.5. The van der Waals surface area contributed by atoms with Gasteiger partial charge in [-0.2, -0.15) is 5.26 Å². The highest BCUT2D eigenvalue weighted by atomic mass is 16.3. The fourth-order valence-corrected chi connectivity index (χ4v) is 7.05. The number of pyridine rings is 1. The third-order valence-corrected chi connectivity index (χ3v) is 9.59. The standard InChI is InChI=1S/C43H30N4O/c44-26-28-14-16-32(17-15-28)36-12-7-13-37-39-24-34(22-23-40(39)48-41(36)37)30-18-20-33(21-19-30)42-45-43-38(31-10-5-2-6-11-31)25-35(27-47(43)46-42)29-8-3-1-4-9-29/h1-16,18,20,22-25,27,32H,17,19,21H2. The monoisotopic (exact) mass is 618 g/mol. The van der Waals surface area contributed by atoms with Crippen LogP contribution >= 0.6 is 0 Å². The van der Waals surface area contributed by atoms with Gasteiger partial charge in [-0.25, -0.2) is 9.50 Å². The number of benzene rings is 4. The number of fused-ring (bicyclic) bond motifs is 4. The lowest BCUT2D eigenvalue weighted by Gasteiger charge is -2.14. The number of hydrogen-bond donors (Lipinski definition) is 0. The number of aromatic nitrogens is 3. The Morgan fingerprint density at radius 3 is 2.29 bits per heavy atom.